The Morgan fingerprint density at radius 1 is 1.50 bits per heavy atom. The fourth-order valence-electron chi connectivity index (χ4n) is 0.713. The van der Waals surface area contributed by atoms with Crippen LogP contribution in [0, 0.1) is 12.0 Å². The molecule has 0 N–H and O–H groups in total. The van der Waals surface area contributed by atoms with Crippen LogP contribution in [0.1, 0.15) is 12.6 Å². The monoisotopic (exact) mass is 174 g/mol. The first-order valence-corrected chi connectivity index (χ1v) is 3.09. The minimum absolute atomic E-state index is 0.611. The van der Waals surface area contributed by atoms with Gasteiger partial charge in [-0.2, -0.15) is 23.0 Å². The molecular formula is C7H5F3N2. The minimum atomic E-state index is -4.39. The van der Waals surface area contributed by atoms with Crippen LogP contribution in [-0.2, 0) is 6.18 Å². The van der Waals surface area contributed by atoms with Crippen molar-refractivity contribution in [1.29, 1.82) is 0 Å². The molecule has 1 aromatic rings. The van der Waals surface area contributed by atoms with Crippen LogP contribution < -0.4 is 0 Å². The van der Waals surface area contributed by atoms with Crippen molar-refractivity contribution >= 4 is 0 Å². The van der Waals surface area contributed by atoms with E-state index < -0.39 is 11.9 Å². The average Bonchev–Trinajstić information content (AvgIpc) is 2.34. The normalized spacial score (nSPS) is 10.7. The number of alkyl halides is 3. The molecule has 12 heavy (non-hydrogen) atoms. The SMILES string of the molecule is CC#Cn1nccc1C(F)(F)F. The third kappa shape index (κ3) is 1.59. The predicted molar refractivity (Wildman–Crippen MR) is 36.1 cm³/mol. The van der Waals surface area contributed by atoms with Crippen molar-refractivity contribution in [2.45, 2.75) is 13.1 Å². The molecule has 0 aromatic carbocycles. The van der Waals surface area contributed by atoms with E-state index in [1.807, 2.05) is 0 Å². The van der Waals surface area contributed by atoms with E-state index in [1.54, 1.807) is 0 Å². The maximum Gasteiger partial charge on any atom is 0.434 e. The first-order valence-electron chi connectivity index (χ1n) is 3.09. The van der Waals surface area contributed by atoms with E-state index in [-0.39, 0.29) is 0 Å². The largest absolute Gasteiger partial charge is 0.434 e. The molecule has 0 fully saturated rings. The van der Waals surface area contributed by atoms with Crippen molar-refractivity contribution in [3.63, 3.8) is 0 Å². The lowest BCUT2D eigenvalue weighted by atomic mass is 10.4. The van der Waals surface area contributed by atoms with Crippen LogP contribution in [0.2, 0.25) is 0 Å². The van der Waals surface area contributed by atoms with Crippen LogP contribution in [-0.4, -0.2) is 9.78 Å². The van der Waals surface area contributed by atoms with E-state index in [9.17, 15) is 13.2 Å². The van der Waals surface area contributed by atoms with E-state index in [2.05, 4.69) is 17.1 Å². The molecule has 5 heteroatoms. The number of nitrogens with zero attached hydrogens (tertiary/aromatic N) is 2. The Morgan fingerprint density at radius 2 is 2.17 bits per heavy atom. The van der Waals surface area contributed by atoms with Crippen LogP contribution in [0.3, 0.4) is 0 Å². The molecule has 64 valence electrons. The van der Waals surface area contributed by atoms with Crippen LogP contribution in [0.4, 0.5) is 13.2 Å². The lowest BCUT2D eigenvalue weighted by Gasteiger charge is -2.03. The van der Waals surface area contributed by atoms with Gasteiger partial charge in [0.25, 0.3) is 0 Å². The van der Waals surface area contributed by atoms with Gasteiger partial charge in [0, 0.05) is 6.04 Å². The molecule has 0 amide bonds. The number of halogens is 3. The highest BCUT2D eigenvalue weighted by Gasteiger charge is 2.34. The molecule has 0 radical (unpaired) electrons. The minimum Gasteiger partial charge on any atom is -0.185 e. The first-order chi connectivity index (χ1) is 5.55. The number of aromatic nitrogens is 2. The van der Waals surface area contributed by atoms with Crippen molar-refractivity contribution in [1.82, 2.24) is 9.78 Å². The topological polar surface area (TPSA) is 17.8 Å². The van der Waals surface area contributed by atoms with Crippen molar-refractivity contribution in [3.05, 3.63) is 18.0 Å². The third-order valence-corrected chi connectivity index (χ3v) is 1.15. The zero-order chi connectivity index (χ0) is 9.19. The number of rotatable bonds is 0. The highest BCUT2D eigenvalue weighted by molar-refractivity contribution is 5.12. The van der Waals surface area contributed by atoms with Crippen LogP contribution in [0.25, 0.3) is 0 Å². The van der Waals surface area contributed by atoms with Crippen LogP contribution in [0.15, 0.2) is 12.3 Å². The van der Waals surface area contributed by atoms with Gasteiger partial charge < -0.3 is 0 Å². The van der Waals surface area contributed by atoms with E-state index in [4.69, 9.17) is 0 Å². The van der Waals surface area contributed by atoms with Gasteiger partial charge in [-0.3, -0.25) is 0 Å². The van der Waals surface area contributed by atoms with Gasteiger partial charge in [0.2, 0.25) is 0 Å². The summed E-state index contributed by atoms with van der Waals surface area (Å²) in [5.41, 5.74) is -0.850. The Morgan fingerprint density at radius 3 is 2.67 bits per heavy atom. The Bertz CT molecular complexity index is 326. The average molecular weight is 174 g/mol. The Labute approximate surface area is 67.0 Å². The lowest BCUT2D eigenvalue weighted by Crippen LogP contribution is -2.11. The smallest absolute Gasteiger partial charge is 0.185 e. The zero-order valence-electron chi connectivity index (χ0n) is 6.18. The van der Waals surface area contributed by atoms with Crippen LogP contribution in [0.5, 0.6) is 0 Å². The summed E-state index contributed by atoms with van der Waals surface area (Å²) in [5.74, 6) is 2.33. The van der Waals surface area contributed by atoms with E-state index in [1.165, 1.54) is 6.92 Å². The quantitative estimate of drug-likeness (QED) is 0.547. The van der Waals surface area contributed by atoms with Gasteiger partial charge in [-0.05, 0) is 13.0 Å². The molecule has 0 atom stereocenters. The lowest BCUT2D eigenvalue weighted by molar-refractivity contribution is -0.142. The molecule has 0 unspecified atom stereocenters. The molecular weight excluding hydrogens is 169 g/mol. The molecule has 0 saturated heterocycles. The van der Waals surface area contributed by atoms with Gasteiger partial charge in [-0.1, -0.05) is 5.92 Å². The number of hydrogen-bond acceptors (Lipinski definition) is 1. The summed E-state index contributed by atoms with van der Waals surface area (Å²) in [6, 6.07) is 3.08. The molecule has 0 saturated carbocycles. The summed E-state index contributed by atoms with van der Waals surface area (Å²) in [6.07, 6.45) is -3.33. The fraction of sp³-hybridized carbons (Fsp3) is 0.286. The molecule has 0 bridgehead atoms. The first kappa shape index (κ1) is 8.65. The van der Waals surface area contributed by atoms with Gasteiger partial charge in [0.05, 0.1) is 6.20 Å². The Balaban J connectivity index is 3.13. The fourth-order valence-corrected chi connectivity index (χ4v) is 0.713. The molecule has 1 aromatic heterocycles. The second kappa shape index (κ2) is 2.89. The summed E-state index contributed by atoms with van der Waals surface area (Å²) in [6.45, 7) is 1.45. The molecule has 0 aliphatic rings. The predicted octanol–water partition coefficient (Wildman–Crippen LogP) is 1.73. The molecule has 0 aliphatic carbocycles. The molecule has 0 spiro atoms. The molecule has 1 heterocycles. The highest BCUT2D eigenvalue weighted by atomic mass is 19.4. The third-order valence-electron chi connectivity index (χ3n) is 1.15. The Kier molecular flexibility index (Phi) is 2.09. The summed E-state index contributed by atoms with van der Waals surface area (Å²) in [4.78, 5) is 0. The summed E-state index contributed by atoms with van der Waals surface area (Å²) < 4.78 is 36.8. The van der Waals surface area contributed by atoms with Crippen LogP contribution >= 0.6 is 0 Å². The van der Waals surface area contributed by atoms with Gasteiger partial charge >= 0.3 is 6.18 Å². The van der Waals surface area contributed by atoms with Crippen molar-refractivity contribution in [2.75, 3.05) is 0 Å². The molecule has 1 rings (SSSR count). The van der Waals surface area contributed by atoms with Gasteiger partial charge in [-0.25, -0.2) is 0 Å². The Hall–Kier alpha value is -1.44. The van der Waals surface area contributed by atoms with Gasteiger partial charge in [-0.15, -0.1) is 0 Å². The maximum absolute atomic E-state index is 12.1. The second-order valence-electron chi connectivity index (χ2n) is 1.99. The van der Waals surface area contributed by atoms with Crippen molar-refractivity contribution in [2.24, 2.45) is 0 Å². The summed E-state index contributed by atoms with van der Waals surface area (Å²) >= 11 is 0. The van der Waals surface area contributed by atoms with Crippen molar-refractivity contribution < 1.29 is 13.2 Å². The maximum atomic E-state index is 12.1. The summed E-state index contributed by atoms with van der Waals surface area (Å²) in [7, 11) is 0. The van der Waals surface area contributed by atoms with E-state index >= 15 is 0 Å². The van der Waals surface area contributed by atoms with Crippen molar-refractivity contribution in [3.8, 4) is 12.0 Å². The highest BCUT2D eigenvalue weighted by Crippen LogP contribution is 2.28. The molecule has 2 nitrogen and oxygen atoms in total. The standard InChI is InChI=1S/C7H5F3N2/c1-2-5-12-6(3-4-11-12)7(8,9)10/h3-4H,1H3. The summed E-state index contributed by atoms with van der Waals surface area (Å²) in [5, 5.41) is 3.40. The number of hydrogen-bond donors (Lipinski definition) is 0. The zero-order valence-corrected chi connectivity index (χ0v) is 6.18. The van der Waals surface area contributed by atoms with Gasteiger partial charge in [0.1, 0.15) is 0 Å². The van der Waals surface area contributed by atoms with E-state index in [0.717, 1.165) is 12.3 Å². The molecule has 0 aliphatic heterocycles. The van der Waals surface area contributed by atoms with E-state index in [0.29, 0.717) is 4.68 Å². The second-order valence-corrected chi connectivity index (χ2v) is 1.99. The van der Waals surface area contributed by atoms with Gasteiger partial charge in [0.15, 0.2) is 5.69 Å².